The van der Waals surface area contributed by atoms with E-state index < -0.39 is 0 Å². The van der Waals surface area contributed by atoms with Crippen molar-refractivity contribution in [3.05, 3.63) is 23.8 Å². The van der Waals surface area contributed by atoms with E-state index in [1.807, 2.05) is 26.0 Å². The number of rotatable bonds is 6. The van der Waals surface area contributed by atoms with Crippen LogP contribution in [0.3, 0.4) is 0 Å². The lowest BCUT2D eigenvalue weighted by molar-refractivity contribution is -0.115. The van der Waals surface area contributed by atoms with Crippen molar-refractivity contribution in [2.45, 2.75) is 58.5 Å². The smallest absolute Gasteiger partial charge is 0.224 e. The van der Waals surface area contributed by atoms with Crippen molar-refractivity contribution < 1.29 is 4.79 Å². The SMILES string of the molecule is CCC(=O)Nc1cccc(NC(C)CC2CCCN2)c1C. The molecule has 2 atom stereocenters. The van der Waals surface area contributed by atoms with Gasteiger partial charge >= 0.3 is 0 Å². The number of hydrogen-bond donors (Lipinski definition) is 3. The van der Waals surface area contributed by atoms with E-state index in [4.69, 9.17) is 0 Å². The van der Waals surface area contributed by atoms with E-state index in [2.05, 4.69) is 28.9 Å². The van der Waals surface area contributed by atoms with Crippen molar-refractivity contribution in [1.29, 1.82) is 0 Å². The Morgan fingerprint density at radius 2 is 2.19 bits per heavy atom. The van der Waals surface area contributed by atoms with Crippen molar-refractivity contribution >= 4 is 17.3 Å². The molecule has 1 saturated heterocycles. The van der Waals surface area contributed by atoms with E-state index in [0.717, 1.165) is 29.9 Å². The lowest BCUT2D eigenvalue weighted by atomic mass is 10.1. The standard InChI is InChI=1S/C17H27N3O/c1-4-17(21)20-16-9-5-8-15(13(16)3)19-12(2)11-14-7-6-10-18-14/h5,8-9,12,14,18-19H,4,6-7,10-11H2,1-3H3,(H,20,21). The van der Waals surface area contributed by atoms with E-state index in [-0.39, 0.29) is 5.91 Å². The first-order valence-electron chi connectivity index (χ1n) is 7.99. The molecule has 2 unspecified atom stereocenters. The second-order valence-electron chi connectivity index (χ2n) is 5.95. The number of anilines is 2. The zero-order chi connectivity index (χ0) is 15.2. The van der Waals surface area contributed by atoms with Gasteiger partial charge in [0.05, 0.1) is 0 Å². The third-order valence-electron chi connectivity index (χ3n) is 4.13. The normalized spacial score (nSPS) is 19.3. The fourth-order valence-corrected chi connectivity index (χ4v) is 2.88. The van der Waals surface area contributed by atoms with E-state index in [0.29, 0.717) is 18.5 Å². The highest BCUT2D eigenvalue weighted by Gasteiger charge is 2.17. The van der Waals surface area contributed by atoms with Crippen molar-refractivity contribution in [2.75, 3.05) is 17.2 Å². The maximum atomic E-state index is 11.6. The van der Waals surface area contributed by atoms with Crippen LogP contribution in [0.2, 0.25) is 0 Å². The molecule has 2 rings (SSSR count). The van der Waals surface area contributed by atoms with Gasteiger partial charge in [-0.15, -0.1) is 0 Å². The van der Waals surface area contributed by atoms with Crippen molar-refractivity contribution in [2.24, 2.45) is 0 Å². The van der Waals surface area contributed by atoms with Gasteiger partial charge in [-0.2, -0.15) is 0 Å². The second-order valence-corrected chi connectivity index (χ2v) is 5.95. The molecule has 1 fully saturated rings. The van der Waals surface area contributed by atoms with Gasteiger partial charge < -0.3 is 16.0 Å². The molecule has 1 heterocycles. The van der Waals surface area contributed by atoms with E-state index >= 15 is 0 Å². The minimum atomic E-state index is 0.0541. The summed E-state index contributed by atoms with van der Waals surface area (Å²) in [6.45, 7) is 7.28. The fourth-order valence-electron chi connectivity index (χ4n) is 2.88. The lowest BCUT2D eigenvalue weighted by Crippen LogP contribution is -2.29. The Balaban J connectivity index is 1.98. The summed E-state index contributed by atoms with van der Waals surface area (Å²) in [5.74, 6) is 0.0541. The van der Waals surface area contributed by atoms with Crippen LogP contribution in [-0.2, 0) is 4.79 Å². The number of amides is 1. The molecule has 0 saturated carbocycles. The molecule has 3 N–H and O–H groups in total. The molecule has 1 aromatic rings. The largest absolute Gasteiger partial charge is 0.382 e. The maximum absolute atomic E-state index is 11.6. The summed E-state index contributed by atoms with van der Waals surface area (Å²) in [4.78, 5) is 11.6. The minimum absolute atomic E-state index is 0.0541. The molecular weight excluding hydrogens is 262 g/mol. The van der Waals surface area contributed by atoms with E-state index in [9.17, 15) is 4.79 Å². The molecule has 1 amide bonds. The first-order valence-corrected chi connectivity index (χ1v) is 7.99. The summed E-state index contributed by atoms with van der Waals surface area (Å²) in [5, 5.41) is 10.1. The molecule has 0 aromatic heterocycles. The van der Waals surface area contributed by atoms with E-state index in [1.165, 1.54) is 12.8 Å². The highest BCUT2D eigenvalue weighted by atomic mass is 16.1. The van der Waals surface area contributed by atoms with Gasteiger partial charge in [-0.1, -0.05) is 13.0 Å². The number of benzene rings is 1. The number of hydrogen-bond acceptors (Lipinski definition) is 3. The quantitative estimate of drug-likeness (QED) is 0.753. The molecule has 4 heteroatoms. The summed E-state index contributed by atoms with van der Waals surface area (Å²) in [6.07, 6.45) is 4.19. The predicted octanol–water partition coefficient (Wildman–Crippen LogP) is 3.29. The Morgan fingerprint density at radius 1 is 1.43 bits per heavy atom. The molecule has 1 aliphatic heterocycles. The lowest BCUT2D eigenvalue weighted by Gasteiger charge is -2.21. The summed E-state index contributed by atoms with van der Waals surface area (Å²) in [5.41, 5.74) is 3.11. The van der Waals surface area contributed by atoms with Crippen LogP contribution in [0.5, 0.6) is 0 Å². The average Bonchev–Trinajstić information content (AvgIpc) is 2.95. The van der Waals surface area contributed by atoms with Gasteiger partial charge in [0.1, 0.15) is 0 Å². The summed E-state index contributed by atoms with van der Waals surface area (Å²) in [6, 6.07) is 7.07. The second kappa shape index (κ2) is 7.46. The van der Waals surface area contributed by atoms with Crippen LogP contribution in [0.1, 0.15) is 45.1 Å². The Morgan fingerprint density at radius 3 is 2.86 bits per heavy atom. The van der Waals surface area contributed by atoms with Crippen molar-refractivity contribution in [3.8, 4) is 0 Å². The van der Waals surface area contributed by atoms with Gasteiger partial charge in [-0.3, -0.25) is 4.79 Å². The van der Waals surface area contributed by atoms with Crippen LogP contribution in [0.15, 0.2) is 18.2 Å². The van der Waals surface area contributed by atoms with Gasteiger partial charge in [0.15, 0.2) is 0 Å². The van der Waals surface area contributed by atoms with E-state index in [1.54, 1.807) is 0 Å². The molecule has 4 nitrogen and oxygen atoms in total. The molecular formula is C17H27N3O. The average molecular weight is 289 g/mol. The Hall–Kier alpha value is -1.55. The van der Waals surface area contributed by atoms with Gasteiger partial charge in [-0.25, -0.2) is 0 Å². The van der Waals surface area contributed by atoms with Crippen molar-refractivity contribution in [3.63, 3.8) is 0 Å². The monoisotopic (exact) mass is 289 g/mol. The molecule has 1 aliphatic rings. The molecule has 21 heavy (non-hydrogen) atoms. The third kappa shape index (κ3) is 4.46. The molecule has 0 radical (unpaired) electrons. The highest BCUT2D eigenvalue weighted by molar-refractivity contribution is 5.92. The van der Waals surface area contributed by atoms with Crippen LogP contribution < -0.4 is 16.0 Å². The van der Waals surface area contributed by atoms with Crippen LogP contribution in [0, 0.1) is 6.92 Å². The zero-order valence-corrected chi connectivity index (χ0v) is 13.3. The first-order chi connectivity index (χ1) is 10.1. The highest BCUT2D eigenvalue weighted by Crippen LogP contribution is 2.25. The molecule has 1 aromatic carbocycles. The molecule has 0 spiro atoms. The van der Waals surface area contributed by atoms with Gasteiger partial charge in [0, 0.05) is 29.9 Å². The summed E-state index contributed by atoms with van der Waals surface area (Å²) < 4.78 is 0. The third-order valence-corrected chi connectivity index (χ3v) is 4.13. The molecule has 116 valence electrons. The van der Waals surface area contributed by atoms with Crippen molar-refractivity contribution in [1.82, 2.24) is 5.32 Å². The topological polar surface area (TPSA) is 53.2 Å². The van der Waals surface area contributed by atoms with Crippen LogP contribution in [0.4, 0.5) is 11.4 Å². The maximum Gasteiger partial charge on any atom is 0.224 e. The number of carbonyl (C=O) groups excluding carboxylic acids is 1. The summed E-state index contributed by atoms with van der Waals surface area (Å²) >= 11 is 0. The Bertz CT molecular complexity index is 481. The van der Waals surface area contributed by atoms with Gasteiger partial charge in [0.2, 0.25) is 5.91 Å². The van der Waals surface area contributed by atoms with Gasteiger partial charge in [0.25, 0.3) is 0 Å². The van der Waals surface area contributed by atoms with Crippen LogP contribution in [-0.4, -0.2) is 24.5 Å². The molecule has 0 aliphatic carbocycles. The Kier molecular flexibility index (Phi) is 5.62. The fraction of sp³-hybridized carbons (Fsp3) is 0.588. The predicted molar refractivity (Wildman–Crippen MR) is 88.8 cm³/mol. The van der Waals surface area contributed by atoms with Crippen LogP contribution >= 0.6 is 0 Å². The molecule has 0 bridgehead atoms. The number of carbonyl (C=O) groups is 1. The Labute approximate surface area is 127 Å². The van der Waals surface area contributed by atoms with Gasteiger partial charge in [-0.05, 0) is 57.4 Å². The summed E-state index contributed by atoms with van der Waals surface area (Å²) in [7, 11) is 0. The van der Waals surface area contributed by atoms with Crippen LogP contribution in [0.25, 0.3) is 0 Å². The first kappa shape index (κ1) is 15.8. The zero-order valence-electron chi connectivity index (χ0n) is 13.3. The number of nitrogens with one attached hydrogen (secondary N) is 3. The minimum Gasteiger partial charge on any atom is -0.382 e.